The normalized spacial score (nSPS) is 15.2. The van der Waals surface area contributed by atoms with Crippen molar-refractivity contribution in [3.63, 3.8) is 0 Å². The number of carbonyl (C=O) groups is 1. The van der Waals surface area contributed by atoms with Crippen LogP contribution in [0.1, 0.15) is 34.3 Å². The summed E-state index contributed by atoms with van der Waals surface area (Å²) in [5.41, 5.74) is 2.69. The molecule has 1 saturated heterocycles. The van der Waals surface area contributed by atoms with Gasteiger partial charge in [0.1, 0.15) is 5.52 Å². The largest absolute Gasteiger partial charge is 0.357 e. The van der Waals surface area contributed by atoms with E-state index in [0.717, 1.165) is 38.0 Å². The van der Waals surface area contributed by atoms with E-state index < -0.39 is 0 Å². The molecule has 0 bridgehead atoms. The summed E-state index contributed by atoms with van der Waals surface area (Å²) in [6.07, 6.45) is 5.11. The first kappa shape index (κ1) is 19.9. The summed E-state index contributed by atoms with van der Waals surface area (Å²) in [6, 6.07) is 11.8. The van der Waals surface area contributed by atoms with Gasteiger partial charge in [-0.1, -0.05) is 12.1 Å². The highest BCUT2D eigenvalue weighted by molar-refractivity contribution is 6.05. The topological polar surface area (TPSA) is 85.1 Å². The number of hydrogen-bond donors (Lipinski definition) is 1. The van der Waals surface area contributed by atoms with Gasteiger partial charge in [-0.3, -0.25) is 14.5 Å². The molecular weight excluding hydrogens is 378 g/mol. The predicted octanol–water partition coefficient (Wildman–Crippen LogP) is 2.47. The average molecular weight is 403 g/mol. The molecule has 1 aliphatic rings. The number of benzene rings is 1. The molecule has 30 heavy (non-hydrogen) atoms. The van der Waals surface area contributed by atoms with E-state index in [0.29, 0.717) is 22.0 Å². The number of nitrogens with one attached hydrogen (secondary N) is 1. The Kier molecular flexibility index (Phi) is 5.42. The van der Waals surface area contributed by atoms with Crippen LogP contribution < -0.4 is 5.56 Å². The van der Waals surface area contributed by atoms with Crippen molar-refractivity contribution in [2.24, 2.45) is 7.05 Å². The first-order valence-electron chi connectivity index (χ1n) is 10.1. The monoisotopic (exact) mass is 403 g/mol. The van der Waals surface area contributed by atoms with E-state index in [1.165, 1.54) is 4.57 Å². The van der Waals surface area contributed by atoms with Crippen LogP contribution in [0, 0.1) is 11.3 Å². The molecule has 3 aromatic rings. The molecular formula is C23H25N5O2. The van der Waals surface area contributed by atoms with Crippen molar-refractivity contribution in [1.29, 1.82) is 5.26 Å². The van der Waals surface area contributed by atoms with E-state index in [9.17, 15) is 9.59 Å². The maximum absolute atomic E-state index is 13.2. The average Bonchev–Trinajstić information content (AvgIpc) is 3.26. The maximum atomic E-state index is 13.2. The van der Waals surface area contributed by atoms with E-state index >= 15 is 0 Å². The van der Waals surface area contributed by atoms with Gasteiger partial charge in [0.05, 0.1) is 17.2 Å². The highest BCUT2D eigenvalue weighted by atomic mass is 16.2. The van der Waals surface area contributed by atoms with Crippen molar-refractivity contribution < 1.29 is 4.79 Å². The number of H-pyrrole nitrogens is 1. The first-order valence-corrected chi connectivity index (χ1v) is 10.1. The molecule has 7 nitrogen and oxygen atoms in total. The number of likely N-dealkylation sites (tertiary alicyclic amines) is 1. The number of rotatable bonds is 4. The lowest BCUT2D eigenvalue weighted by Gasteiger charge is -2.37. The molecule has 154 valence electrons. The Labute approximate surface area is 175 Å². The number of pyridine rings is 1. The van der Waals surface area contributed by atoms with Crippen molar-refractivity contribution in [2.45, 2.75) is 25.4 Å². The van der Waals surface area contributed by atoms with E-state index in [4.69, 9.17) is 5.26 Å². The molecule has 1 amide bonds. The van der Waals surface area contributed by atoms with Gasteiger partial charge in [0.25, 0.3) is 11.5 Å². The van der Waals surface area contributed by atoms with Crippen LogP contribution in [0.3, 0.4) is 0 Å². The molecule has 0 radical (unpaired) electrons. The van der Waals surface area contributed by atoms with Crippen LogP contribution in [-0.4, -0.2) is 51.4 Å². The van der Waals surface area contributed by atoms with Crippen molar-refractivity contribution in [2.75, 3.05) is 20.1 Å². The minimum atomic E-state index is -0.136. The summed E-state index contributed by atoms with van der Waals surface area (Å²) < 4.78 is 1.46. The number of piperidine rings is 1. The number of fused-ring (bicyclic) bond motifs is 1. The van der Waals surface area contributed by atoms with Gasteiger partial charge in [0.2, 0.25) is 0 Å². The van der Waals surface area contributed by atoms with E-state index in [2.05, 4.69) is 16.0 Å². The van der Waals surface area contributed by atoms with Crippen molar-refractivity contribution in [3.8, 4) is 6.07 Å². The zero-order valence-electron chi connectivity index (χ0n) is 17.3. The fraction of sp³-hybridized carbons (Fsp3) is 0.348. The van der Waals surface area contributed by atoms with Gasteiger partial charge in [-0.2, -0.15) is 5.26 Å². The maximum Gasteiger partial charge on any atom is 0.274 e. The lowest BCUT2D eigenvalue weighted by Crippen LogP contribution is -2.45. The number of aromatic nitrogens is 2. The first-order chi connectivity index (χ1) is 14.5. The quantitative estimate of drug-likeness (QED) is 0.725. The zero-order valence-corrected chi connectivity index (χ0v) is 17.3. The number of nitrogens with zero attached hydrogens (tertiary/aromatic N) is 4. The molecule has 4 rings (SSSR count). The van der Waals surface area contributed by atoms with Crippen LogP contribution in [0.2, 0.25) is 0 Å². The molecule has 3 heterocycles. The van der Waals surface area contributed by atoms with Gasteiger partial charge in [0.15, 0.2) is 0 Å². The third-order valence-electron chi connectivity index (χ3n) is 6.01. The van der Waals surface area contributed by atoms with E-state index in [1.54, 1.807) is 25.5 Å². The molecule has 0 spiro atoms. The molecule has 1 aliphatic heterocycles. The van der Waals surface area contributed by atoms with Crippen LogP contribution in [0.15, 0.2) is 47.5 Å². The second-order valence-electron chi connectivity index (χ2n) is 7.96. The minimum Gasteiger partial charge on any atom is -0.357 e. The Hall–Kier alpha value is -3.37. The minimum absolute atomic E-state index is 0.0598. The number of hydrogen-bond acceptors (Lipinski definition) is 4. The number of carbonyl (C=O) groups excluding carboxylic acids is 1. The van der Waals surface area contributed by atoms with Crippen LogP contribution in [-0.2, 0) is 13.6 Å². The van der Waals surface area contributed by atoms with E-state index in [-0.39, 0.29) is 17.5 Å². The standard InChI is InChI=1S/C23H25N5O2/c1-26-15-20(19-6-9-25-21(19)23(26)30)22(29)27(2)18-7-10-28(11-8-18)14-17-5-3-4-16(12-17)13-24/h3-6,9,12,15,18,25H,7-8,10-11,14H2,1-2H3. The number of nitriles is 1. The molecule has 0 atom stereocenters. The molecule has 0 saturated carbocycles. The Balaban J connectivity index is 1.43. The fourth-order valence-electron chi connectivity index (χ4n) is 4.26. The molecule has 0 unspecified atom stereocenters. The van der Waals surface area contributed by atoms with Crippen molar-refractivity contribution in [1.82, 2.24) is 19.4 Å². The third kappa shape index (κ3) is 3.74. The summed E-state index contributed by atoms with van der Waals surface area (Å²) >= 11 is 0. The summed E-state index contributed by atoms with van der Waals surface area (Å²) in [6.45, 7) is 2.60. The Morgan fingerprint density at radius 3 is 2.80 bits per heavy atom. The summed E-state index contributed by atoms with van der Waals surface area (Å²) in [5.74, 6) is -0.0598. The van der Waals surface area contributed by atoms with Gasteiger partial charge in [-0.15, -0.1) is 0 Å². The van der Waals surface area contributed by atoms with Crippen LogP contribution in [0.5, 0.6) is 0 Å². The van der Waals surface area contributed by atoms with Gasteiger partial charge in [-0.05, 0) is 36.6 Å². The van der Waals surface area contributed by atoms with Gasteiger partial charge >= 0.3 is 0 Å². The molecule has 1 N–H and O–H groups in total. The van der Waals surface area contributed by atoms with Crippen LogP contribution >= 0.6 is 0 Å². The van der Waals surface area contributed by atoms with Gasteiger partial charge in [-0.25, -0.2) is 0 Å². The molecule has 1 fully saturated rings. The number of amides is 1. The Morgan fingerprint density at radius 2 is 2.07 bits per heavy atom. The molecule has 1 aromatic carbocycles. The summed E-state index contributed by atoms with van der Waals surface area (Å²) in [5, 5.41) is 9.74. The second-order valence-corrected chi connectivity index (χ2v) is 7.96. The number of aryl methyl sites for hydroxylation is 1. The highest BCUT2D eigenvalue weighted by Gasteiger charge is 2.27. The predicted molar refractivity (Wildman–Crippen MR) is 115 cm³/mol. The Morgan fingerprint density at radius 1 is 1.30 bits per heavy atom. The summed E-state index contributed by atoms with van der Waals surface area (Å²) in [7, 11) is 3.52. The third-order valence-corrected chi connectivity index (χ3v) is 6.01. The highest BCUT2D eigenvalue weighted by Crippen LogP contribution is 2.22. The van der Waals surface area contributed by atoms with Crippen molar-refractivity contribution in [3.05, 3.63) is 69.8 Å². The lowest BCUT2D eigenvalue weighted by molar-refractivity contribution is 0.0637. The Bertz CT molecular complexity index is 1180. The van der Waals surface area contributed by atoms with Crippen LogP contribution in [0.25, 0.3) is 10.9 Å². The summed E-state index contributed by atoms with van der Waals surface area (Å²) in [4.78, 5) is 32.6. The van der Waals surface area contributed by atoms with Gasteiger partial charge < -0.3 is 14.5 Å². The van der Waals surface area contributed by atoms with E-state index in [1.807, 2.05) is 36.2 Å². The van der Waals surface area contributed by atoms with Gasteiger partial charge in [0, 0.05) is 57.6 Å². The lowest BCUT2D eigenvalue weighted by atomic mass is 10.0. The smallest absolute Gasteiger partial charge is 0.274 e. The van der Waals surface area contributed by atoms with Crippen LogP contribution in [0.4, 0.5) is 0 Å². The molecule has 2 aromatic heterocycles. The molecule has 0 aliphatic carbocycles. The second kappa shape index (κ2) is 8.17. The molecule has 7 heteroatoms. The zero-order chi connectivity index (χ0) is 21.3. The van der Waals surface area contributed by atoms with Crippen molar-refractivity contribution >= 4 is 16.8 Å². The number of aromatic amines is 1. The SMILES string of the molecule is CN(C(=O)c1cn(C)c(=O)c2[nH]ccc12)C1CCN(Cc2cccc(C#N)c2)CC1. The fourth-order valence-corrected chi connectivity index (χ4v) is 4.26.